The van der Waals surface area contributed by atoms with E-state index in [4.69, 9.17) is 21.8 Å². The van der Waals surface area contributed by atoms with Crippen LogP contribution >= 0.6 is 11.6 Å². The maximum atomic E-state index is 8.85. The second-order valence-electron chi connectivity index (χ2n) is 3.31. The van der Waals surface area contributed by atoms with Crippen LogP contribution in [0.25, 0.3) is 0 Å². The van der Waals surface area contributed by atoms with Crippen molar-refractivity contribution in [2.24, 2.45) is 0 Å². The Balaban J connectivity index is 2.60. The van der Waals surface area contributed by atoms with Gasteiger partial charge < -0.3 is 10.2 Å². The lowest BCUT2D eigenvalue weighted by Gasteiger charge is -2.20. The summed E-state index contributed by atoms with van der Waals surface area (Å²) in [6.45, 7) is 1.92. The topological polar surface area (TPSA) is 43.7 Å². The standard InChI is InChI=1S/C11H16ClNO2/c12-11-4-2-1-3-10(11)9-13(5-7-14)6-8-15/h1-4,14-15H,5-9H2. The Hall–Kier alpha value is -0.610. The first-order valence-electron chi connectivity index (χ1n) is 4.95. The van der Waals surface area contributed by atoms with Crippen LogP contribution in [-0.4, -0.2) is 41.4 Å². The third-order valence-electron chi connectivity index (χ3n) is 2.18. The minimum atomic E-state index is 0.0878. The first-order valence-corrected chi connectivity index (χ1v) is 5.33. The Labute approximate surface area is 94.9 Å². The highest BCUT2D eigenvalue weighted by Gasteiger charge is 2.06. The molecule has 1 rings (SSSR count). The van der Waals surface area contributed by atoms with E-state index in [1.807, 2.05) is 29.2 Å². The number of nitrogens with zero attached hydrogens (tertiary/aromatic N) is 1. The highest BCUT2D eigenvalue weighted by molar-refractivity contribution is 6.31. The van der Waals surface area contributed by atoms with Gasteiger partial charge in [0, 0.05) is 24.7 Å². The van der Waals surface area contributed by atoms with Gasteiger partial charge in [0.15, 0.2) is 0 Å². The summed E-state index contributed by atoms with van der Waals surface area (Å²) < 4.78 is 0. The van der Waals surface area contributed by atoms with Crippen LogP contribution in [0.3, 0.4) is 0 Å². The van der Waals surface area contributed by atoms with Crippen LogP contribution < -0.4 is 0 Å². The summed E-state index contributed by atoms with van der Waals surface area (Å²) in [5.41, 5.74) is 1.01. The molecule has 0 radical (unpaired) electrons. The Bertz CT molecular complexity index is 288. The van der Waals surface area contributed by atoms with Crippen LogP contribution in [0.2, 0.25) is 5.02 Å². The van der Waals surface area contributed by atoms with Crippen LogP contribution in [0.1, 0.15) is 5.56 Å². The molecule has 0 spiro atoms. The number of halogens is 1. The van der Waals surface area contributed by atoms with E-state index in [1.54, 1.807) is 0 Å². The number of benzene rings is 1. The van der Waals surface area contributed by atoms with Gasteiger partial charge in [-0.15, -0.1) is 0 Å². The van der Waals surface area contributed by atoms with Gasteiger partial charge in [-0.1, -0.05) is 29.8 Å². The molecule has 0 fully saturated rings. The van der Waals surface area contributed by atoms with Crippen molar-refractivity contribution < 1.29 is 10.2 Å². The lowest BCUT2D eigenvalue weighted by molar-refractivity contribution is 0.156. The number of hydrogen-bond acceptors (Lipinski definition) is 3. The van der Waals surface area contributed by atoms with E-state index in [0.717, 1.165) is 10.6 Å². The van der Waals surface area contributed by atoms with Gasteiger partial charge in [-0.05, 0) is 11.6 Å². The molecule has 0 aromatic heterocycles. The van der Waals surface area contributed by atoms with Gasteiger partial charge in [0.2, 0.25) is 0 Å². The minimum absolute atomic E-state index is 0.0878. The van der Waals surface area contributed by atoms with E-state index in [0.29, 0.717) is 19.6 Å². The number of hydrogen-bond donors (Lipinski definition) is 2. The van der Waals surface area contributed by atoms with Crippen LogP contribution in [-0.2, 0) is 6.54 Å². The van der Waals surface area contributed by atoms with Crippen molar-refractivity contribution in [1.29, 1.82) is 0 Å². The molecule has 1 aromatic rings. The molecule has 84 valence electrons. The van der Waals surface area contributed by atoms with Crippen LogP contribution in [0.5, 0.6) is 0 Å². The average Bonchev–Trinajstić information content (AvgIpc) is 2.22. The number of aliphatic hydroxyl groups is 2. The van der Waals surface area contributed by atoms with E-state index in [1.165, 1.54) is 0 Å². The maximum Gasteiger partial charge on any atom is 0.0558 e. The Kier molecular flexibility index (Phi) is 5.65. The smallest absolute Gasteiger partial charge is 0.0558 e. The SMILES string of the molecule is OCCN(CCO)Cc1ccccc1Cl. The van der Waals surface area contributed by atoms with Gasteiger partial charge in [-0.25, -0.2) is 0 Å². The molecule has 0 bridgehead atoms. The Morgan fingerprint density at radius 3 is 2.20 bits per heavy atom. The Morgan fingerprint density at radius 1 is 1.07 bits per heavy atom. The van der Waals surface area contributed by atoms with Gasteiger partial charge in [0.1, 0.15) is 0 Å². The van der Waals surface area contributed by atoms with E-state index in [-0.39, 0.29) is 13.2 Å². The molecule has 0 saturated heterocycles. The maximum absolute atomic E-state index is 8.85. The molecule has 0 amide bonds. The van der Waals surface area contributed by atoms with Crippen molar-refractivity contribution in [2.75, 3.05) is 26.3 Å². The van der Waals surface area contributed by atoms with E-state index >= 15 is 0 Å². The lowest BCUT2D eigenvalue weighted by Crippen LogP contribution is -2.29. The second-order valence-corrected chi connectivity index (χ2v) is 3.72. The minimum Gasteiger partial charge on any atom is -0.395 e. The number of aliphatic hydroxyl groups excluding tert-OH is 2. The summed E-state index contributed by atoms with van der Waals surface area (Å²) in [5, 5.41) is 18.4. The molecule has 0 atom stereocenters. The fraction of sp³-hybridized carbons (Fsp3) is 0.455. The molecule has 2 N–H and O–H groups in total. The summed E-state index contributed by atoms with van der Waals surface area (Å²) in [6.07, 6.45) is 0. The molecule has 15 heavy (non-hydrogen) atoms. The van der Waals surface area contributed by atoms with Gasteiger partial charge in [0.05, 0.1) is 13.2 Å². The lowest BCUT2D eigenvalue weighted by atomic mass is 10.2. The average molecular weight is 230 g/mol. The van der Waals surface area contributed by atoms with Crippen molar-refractivity contribution in [2.45, 2.75) is 6.54 Å². The number of rotatable bonds is 6. The Morgan fingerprint density at radius 2 is 1.67 bits per heavy atom. The quantitative estimate of drug-likeness (QED) is 0.769. The fourth-order valence-corrected chi connectivity index (χ4v) is 1.62. The molecule has 0 aliphatic rings. The predicted octanol–water partition coefficient (Wildman–Crippen LogP) is 1.13. The van der Waals surface area contributed by atoms with Crippen molar-refractivity contribution in [3.8, 4) is 0 Å². The molecule has 0 aliphatic carbocycles. The van der Waals surface area contributed by atoms with Crippen LogP contribution in [0.4, 0.5) is 0 Å². The monoisotopic (exact) mass is 229 g/mol. The van der Waals surface area contributed by atoms with Crippen molar-refractivity contribution in [3.63, 3.8) is 0 Å². The first-order chi connectivity index (χ1) is 7.27. The zero-order chi connectivity index (χ0) is 11.1. The van der Waals surface area contributed by atoms with E-state index in [9.17, 15) is 0 Å². The van der Waals surface area contributed by atoms with Crippen LogP contribution in [0, 0.1) is 0 Å². The molecule has 4 heteroatoms. The molecular formula is C11H16ClNO2. The molecular weight excluding hydrogens is 214 g/mol. The normalized spacial score (nSPS) is 10.9. The zero-order valence-electron chi connectivity index (χ0n) is 8.56. The van der Waals surface area contributed by atoms with E-state index in [2.05, 4.69) is 0 Å². The van der Waals surface area contributed by atoms with Crippen LogP contribution in [0.15, 0.2) is 24.3 Å². The largest absolute Gasteiger partial charge is 0.395 e. The summed E-state index contributed by atoms with van der Waals surface area (Å²) in [6, 6.07) is 7.60. The van der Waals surface area contributed by atoms with Gasteiger partial charge in [0.25, 0.3) is 0 Å². The molecule has 0 saturated carbocycles. The van der Waals surface area contributed by atoms with Gasteiger partial charge >= 0.3 is 0 Å². The fourth-order valence-electron chi connectivity index (χ4n) is 1.42. The van der Waals surface area contributed by atoms with Gasteiger partial charge in [-0.2, -0.15) is 0 Å². The third-order valence-corrected chi connectivity index (χ3v) is 2.55. The van der Waals surface area contributed by atoms with E-state index < -0.39 is 0 Å². The first kappa shape index (κ1) is 12.5. The third kappa shape index (κ3) is 4.18. The molecule has 1 aromatic carbocycles. The highest BCUT2D eigenvalue weighted by Crippen LogP contribution is 2.16. The summed E-state index contributed by atoms with van der Waals surface area (Å²) >= 11 is 6.02. The zero-order valence-corrected chi connectivity index (χ0v) is 9.32. The van der Waals surface area contributed by atoms with Crippen molar-refractivity contribution in [1.82, 2.24) is 4.90 Å². The highest BCUT2D eigenvalue weighted by atomic mass is 35.5. The molecule has 0 aliphatic heterocycles. The molecule has 0 heterocycles. The summed E-state index contributed by atoms with van der Waals surface area (Å²) in [5.74, 6) is 0. The molecule has 0 unspecified atom stereocenters. The van der Waals surface area contributed by atoms with Crippen molar-refractivity contribution in [3.05, 3.63) is 34.9 Å². The van der Waals surface area contributed by atoms with Gasteiger partial charge in [-0.3, -0.25) is 4.90 Å². The second kappa shape index (κ2) is 6.80. The summed E-state index contributed by atoms with van der Waals surface area (Å²) in [4.78, 5) is 1.96. The predicted molar refractivity (Wildman–Crippen MR) is 60.9 cm³/mol. The molecule has 3 nitrogen and oxygen atoms in total. The van der Waals surface area contributed by atoms with Crippen molar-refractivity contribution >= 4 is 11.6 Å². The summed E-state index contributed by atoms with van der Waals surface area (Å²) in [7, 11) is 0.